The molecule has 1 N–H and O–H groups in total. The van der Waals surface area contributed by atoms with Crippen LogP contribution < -0.4 is 14.8 Å². The first-order valence-electron chi connectivity index (χ1n) is 8.56. The number of benzene rings is 1. The van der Waals surface area contributed by atoms with E-state index in [1.807, 2.05) is 58.6 Å². The predicted molar refractivity (Wildman–Crippen MR) is 108 cm³/mol. The van der Waals surface area contributed by atoms with Gasteiger partial charge in [0.2, 0.25) is 5.91 Å². The van der Waals surface area contributed by atoms with E-state index < -0.39 is 0 Å². The van der Waals surface area contributed by atoms with Gasteiger partial charge in [-0.25, -0.2) is 9.97 Å². The lowest BCUT2D eigenvalue weighted by Gasteiger charge is -2.08. The van der Waals surface area contributed by atoms with E-state index in [-0.39, 0.29) is 12.3 Å². The summed E-state index contributed by atoms with van der Waals surface area (Å²) in [5.41, 5.74) is 3.03. The molecular weight excluding hydrogens is 376 g/mol. The van der Waals surface area contributed by atoms with Gasteiger partial charge in [0.1, 0.15) is 17.1 Å². The first-order valence-corrected chi connectivity index (χ1v) is 9.44. The molecule has 1 aromatic carbocycles. The number of carbonyl (C=O) groups excluding carboxylic acids is 1. The van der Waals surface area contributed by atoms with Gasteiger partial charge in [-0.15, -0.1) is 11.3 Å². The summed E-state index contributed by atoms with van der Waals surface area (Å²) in [5.74, 6) is 1.23. The maximum absolute atomic E-state index is 12.4. The van der Waals surface area contributed by atoms with Crippen molar-refractivity contribution in [3.05, 3.63) is 59.9 Å². The summed E-state index contributed by atoms with van der Waals surface area (Å²) < 4.78 is 12.6. The zero-order valence-electron chi connectivity index (χ0n) is 15.4. The molecule has 3 heterocycles. The van der Waals surface area contributed by atoms with Gasteiger partial charge in [-0.3, -0.25) is 4.79 Å². The van der Waals surface area contributed by atoms with Crippen LogP contribution in [0, 0.1) is 0 Å². The lowest BCUT2D eigenvalue weighted by molar-refractivity contribution is -0.115. The smallest absolute Gasteiger partial charge is 0.232 e. The fourth-order valence-electron chi connectivity index (χ4n) is 2.87. The van der Waals surface area contributed by atoms with E-state index in [4.69, 9.17) is 9.47 Å². The molecule has 3 aromatic heterocycles. The van der Waals surface area contributed by atoms with Gasteiger partial charge in [-0.05, 0) is 30.3 Å². The Hall–Kier alpha value is -3.39. The number of thiazole rings is 1. The minimum absolute atomic E-state index is 0.165. The molecule has 142 valence electrons. The van der Waals surface area contributed by atoms with Crippen molar-refractivity contribution in [2.75, 3.05) is 19.5 Å². The summed E-state index contributed by atoms with van der Waals surface area (Å²) in [4.78, 5) is 21.3. The Balaban J connectivity index is 1.49. The molecule has 0 saturated carbocycles. The third-order valence-electron chi connectivity index (χ3n) is 4.19. The summed E-state index contributed by atoms with van der Waals surface area (Å²) in [7, 11) is 3.22. The quantitative estimate of drug-likeness (QED) is 0.540. The summed E-state index contributed by atoms with van der Waals surface area (Å²) in [6.45, 7) is 0. The van der Waals surface area contributed by atoms with Crippen LogP contribution in [0.5, 0.6) is 11.5 Å². The number of aromatic nitrogens is 3. The molecule has 4 rings (SSSR count). The molecule has 0 aliphatic rings. The molecule has 0 aliphatic heterocycles. The molecule has 7 nitrogen and oxygen atoms in total. The molecule has 0 unspecified atom stereocenters. The van der Waals surface area contributed by atoms with Crippen molar-refractivity contribution in [1.29, 1.82) is 0 Å². The van der Waals surface area contributed by atoms with E-state index in [9.17, 15) is 4.79 Å². The first kappa shape index (κ1) is 18.0. The predicted octanol–water partition coefficient (Wildman–Crippen LogP) is 3.66. The molecule has 8 heteroatoms. The van der Waals surface area contributed by atoms with E-state index in [1.165, 1.54) is 11.3 Å². The van der Waals surface area contributed by atoms with Gasteiger partial charge in [0.15, 0.2) is 5.13 Å². The van der Waals surface area contributed by atoms with Crippen LogP contribution in [0.3, 0.4) is 0 Å². The number of nitrogens with one attached hydrogen (secondary N) is 1. The average Bonchev–Trinajstić information content (AvgIpc) is 3.33. The third-order valence-corrected chi connectivity index (χ3v) is 4.95. The van der Waals surface area contributed by atoms with Crippen molar-refractivity contribution >= 4 is 28.0 Å². The van der Waals surface area contributed by atoms with Crippen molar-refractivity contribution < 1.29 is 14.3 Å². The largest absolute Gasteiger partial charge is 0.497 e. The van der Waals surface area contributed by atoms with E-state index in [1.54, 1.807) is 14.2 Å². The van der Waals surface area contributed by atoms with E-state index in [2.05, 4.69) is 15.3 Å². The second-order valence-corrected chi connectivity index (χ2v) is 6.89. The van der Waals surface area contributed by atoms with Gasteiger partial charge in [0.05, 0.1) is 32.0 Å². The molecule has 0 spiro atoms. The topological polar surface area (TPSA) is 77.8 Å². The lowest BCUT2D eigenvalue weighted by Crippen LogP contribution is -2.14. The Labute approximate surface area is 165 Å². The molecule has 0 atom stereocenters. The van der Waals surface area contributed by atoms with E-state index >= 15 is 0 Å². The monoisotopic (exact) mass is 394 g/mol. The van der Waals surface area contributed by atoms with Crippen LogP contribution >= 0.6 is 11.3 Å². The molecule has 0 bridgehead atoms. The number of amides is 1. The SMILES string of the molecule is COc1ccc(OC)c(-c2csc(NC(=O)Cc3cn4ccccc4n3)n2)c1. The number of carbonyl (C=O) groups is 1. The first-order chi connectivity index (χ1) is 13.7. The zero-order chi connectivity index (χ0) is 19.5. The van der Waals surface area contributed by atoms with Gasteiger partial charge in [-0.1, -0.05) is 6.07 Å². The van der Waals surface area contributed by atoms with Gasteiger partial charge in [0.25, 0.3) is 0 Å². The second kappa shape index (κ2) is 7.69. The zero-order valence-corrected chi connectivity index (χ0v) is 16.2. The Kier molecular flexibility index (Phi) is 4.94. The van der Waals surface area contributed by atoms with Crippen LogP contribution in [0.1, 0.15) is 5.69 Å². The highest BCUT2D eigenvalue weighted by Crippen LogP contribution is 2.35. The molecule has 0 radical (unpaired) electrons. The summed E-state index contributed by atoms with van der Waals surface area (Å²) in [5, 5.41) is 5.23. The van der Waals surface area contributed by atoms with Gasteiger partial charge in [0, 0.05) is 23.3 Å². The number of methoxy groups -OCH3 is 2. The van der Waals surface area contributed by atoms with Crippen molar-refractivity contribution in [2.45, 2.75) is 6.42 Å². The molecule has 0 fully saturated rings. The standard InChI is InChI=1S/C20H18N4O3S/c1-26-14-6-7-17(27-2)15(10-14)16-12-28-20(22-16)23-19(25)9-13-11-24-8-4-3-5-18(24)21-13/h3-8,10-12H,9H2,1-2H3,(H,22,23,25). The van der Waals surface area contributed by atoms with E-state index in [0.717, 1.165) is 11.2 Å². The lowest BCUT2D eigenvalue weighted by atomic mass is 10.1. The van der Waals surface area contributed by atoms with Crippen molar-refractivity contribution in [3.63, 3.8) is 0 Å². The maximum Gasteiger partial charge on any atom is 0.232 e. The van der Waals surface area contributed by atoms with E-state index in [0.29, 0.717) is 28.0 Å². The van der Waals surface area contributed by atoms with Gasteiger partial charge < -0.3 is 19.2 Å². The third kappa shape index (κ3) is 3.67. The number of hydrogen-bond donors (Lipinski definition) is 1. The minimum atomic E-state index is -0.165. The number of ether oxygens (including phenoxy) is 2. The molecule has 0 aliphatic carbocycles. The number of nitrogens with zero attached hydrogens (tertiary/aromatic N) is 3. The normalized spacial score (nSPS) is 10.8. The molecule has 28 heavy (non-hydrogen) atoms. The minimum Gasteiger partial charge on any atom is -0.497 e. The maximum atomic E-state index is 12.4. The fraction of sp³-hybridized carbons (Fsp3) is 0.150. The number of pyridine rings is 1. The summed E-state index contributed by atoms with van der Waals surface area (Å²) in [6.07, 6.45) is 3.93. The average molecular weight is 394 g/mol. The highest BCUT2D eigenvalue weighted by Gasteiger charge is 2.14. The van der Waals surface area contributed by atoms with Crippen molar-refractivity contribution in [2.24, 2.45) is 0 Å². The number of rotatable bonds is 6. The Morgan fingerprint density at radius 2 is 2.07 bits per heavy atom. The molecule has 0 saturated heterocycles. The number of imidazole rings is 1. The van der Waals surface area contributed by atoms with Crippen LogP contribution in [-0.2, 0) is 11.2 Å². The number of fused-ring (bicyclic) bond motifs is 1. The second-order valence-electron chi connectivity index (χ2n) is 6.03. The highest BCUT2D eigenvalue weighted by atomic mass is 32.1. The van der Waals surface area contributed by atoms with Crippen LogP contribution in [0.15, 0.2) is 54.2 Å². The Bertz CT molecular complexity index is 1100. The molecule has 4 aromatic rings. The summed E-state index contributed by atoms with van der Waals surface area (Å²) in [6, 6.07) is 11.2. The number of hydrogen-bond acceptors (Lipinski definition) is 6. The summed E-state index contributed by atoms with van der Waals surface area (Å²) >= 11 is 1.36. The molecule has 1 amide bonds. The highest BCUT2D eigenvalue weighted by molar-refractivity contribution is 7.14. The number of anilines is 1. The van der Waals surface area contributed by atoms with Crippen LogP contribution in [-0.4, -0.2) is 34.5 Å². The fourth-order valence-corrected chi connectivity index (χ4v) is 3.60. The van der Waals surface area contributed by atoms with Crippen molar-refractivity contribution in [3.8, 4) is 22.8 Å². The molecular formula is C20H18N4O3S. The Morgan fingerprint density at radius 1 is 1.18 bits per heavy atom. The van der Waals surface area contributed by atoms with Crippen LogP contribution in [0.4, 0.5) is 5.13 Å². The van der Waals surface area contributed by atoms with Gasteiger partial charge in [-0.2, -0.15) is 0 Å². The van der Waals surface area contributed by atoms with Crippen LogP contribution in [0.25, 0.3) is 16.9 Å². The van der Waals surface area contributed by atoms with Gasteiger partial charge >= 0.3 is 0 Å². The Morgan fingerprint density at radius 3 is 2.86 bits per heavy atom. The van der Waals surface area contributed by atoms with Crippen LogP contribution in [0.2, 0.25) is 0 Å². The van der Waals surface area contributed by atoms with Crippen molar-refractivity contribution in [1.82, 2.24) is 14.4 Å².